The van der Waals surface area contributed by atoms with Gasteiger partial charge in [-0.3, -0.25) is 4.99 Å². The molecule has 4 heteroatoms. The Morgan fingerprint density at radius 2 is 1.41 bits per heavy atom. The van der Waals surface area contributed by atoms with Crippen LogP contribution in [-0.2, 0) is 11.2 Å². The van der Waals surface area contributed by atoms with Crippen LogP contribution in [0, 0.1) is 11.3 Å². The highest BCUT2D eigenvalue weighted by atomic mass is 16.4. The first-order valence-corrected chi connectivity index (χ1v) is 8.58. The predicted molar refractivity (Wildman–Crippen MR) is 105 cm³/mol. The minimum atomic E-state index is -1.02. The maximum absolute atomic E-state index is 11.9. The van der Waals surface area contributed by atoms with Crippen LogP contribution in [0.4, 0.5) is 0 Å². The zero-order valence-electron chi connectivity index (χ0n) is 14.6. The zero-order valence-corrected chi connectivity index (χ0v) is 14.6. The predicted octanol–water partition coefficient (Wildman–Crippen LogP) is 4.09. The average Bonchev–Trinajstić information content (AvgIpc) is 2.72. The minimum absolute atomic E-state index is 0.155. The molecule has 0 amide bonds. The Balaban J connectivity index is 2.05. The number of aliphatic carboxylic acids is 1. The van der Waals surface area contributed by atoms with Gasteiger partial charge in [-0.15, -0.1) is 0 Å². The molecule has 27 heavy (non-hydrogen) atoms. The lowest BCUT2D eigenvalue weighted by Gasteiger charge is -2.13. The van der Waals surface area contributed by atoms with Gasteiger partial charge in [-0.2, -0.15) is 5.26 Å². The summed E-state index contributed by atoms with van der Waals surface area (Å²) in [7, 11) is 0. The molecular weight excluding hydrogens is 336 g/mol. The van der Waals surface area contributed by atoms with E-state index in [1.54, 1.807) is 24.3 Å². The maximum Gasteiger partial charge on any atom is 0.328 e. The highest BCUT2D eigenvalue weighted by Crippen LogP contribution is 2.16. The van der Waals surface area contributed by atoms with E-state index in [9.17, 15) is 15.2 Å². The molecule has 1 atom stereocenters. The van der Waals surface area contributed by atoms with Crippen molar-refractivity contribution in [2.45, 2.75) is 12.5 Å². The van der Waals surface area contributed by atoms with Crippen molar-refractivity contribution >= 4 is 11.7 Å². The number of nitriles is 1. The third kappa shape index (κ3) is 4.47. The van der Waals surface area contributed by atoms with Crippen molar-refractivity contribution < 1.29 is 9.90 Å². The Morgan fingerprint density at radius 3 is 1.93 bits per heavy atom. The molecule has 1 N–H and O–H groups in total. The monoisotopic (exact) mass is 354 g/mol. The Morgan fingerprint density at radius 1 is 0.889 bits per heavy atom. The molecule has 0 saturated heterocycles. The number of nitrogens with zero attached hydrogens (tertiary/aromatic N) is 2. The van der Waals surface area contributed by atoms with Crippen LogP contribution >= 0.6 is 0 Å². The van der Waals surface area contributed by atoms with E-state index in [-0.39, 0.29) is 6.42 Å². The standard InChI is InChI=1S/C23H18N2O2/c24-16-20-14-8-7-13-19(20)15-21(23(26)27)25-22(17-9-3-1-4-10-17)18-11-5-2-6-12-18/h1-14,21H,15H2,(H,26,27). The zero-order chi connectivity index (χ0) is 19.1. The molecule has 1 unspecified atom stereocenters. The number of hydrogen-bond donors (Lipinski definition) is 1. The topological polar surface area (TPSA) is 73.5 Å². The van der Waals surface area contributed by atoms with E-state index < -0.39 is 12.0 Å². The molecular formula is C23H18N2O2. The van der Waals surface area contributed by atoms with E-state index in [4.69, 9.17) is 0 Å². The molecule has 0 aliphatic heterocycles. The molecule has 3 aromatic rings. The maximum atomic E-state index is 11.9. The summed E-state index contributed by atoms with van der Waals surface area (Å²) >= 11 is 0. The van der Waals surface area contributed by atoms with Crippen molar-refractivity contribution in [1.82, 2.24) is 0 Å². The molecule has 0 heterocycles. The molecule has 0 aliphatic rings. The first kappa shape index (κ1) is 18.1. The Hall–Kier alpha value is -3.71. The minimum Gasteiger partial charge on any atom is -0.480 e. The SMILES string of the molecule is N#Cc1ccccc1CC(N=C(c1ccccc1)c1ccccc1)C(=O)O. The van der Waals surface area contributed by atoms with Crippen molar-refractivity contribution in [1.29, 1.82) is 5.26 Å². The first-order valence-electron chi connectivity index (χ1n) is 8.58. The van der Waals surface area contributed by atoms with Crippen molar-refractivity contribution in [2.24, 2.45) is 4.99 Å². The van der Waals surface area contributed by atoms with Crippen LogP contribution in [0.15, 0.2) is 89.9 Å². The second kappa shape index (κ2) is 8.59. The fraction of sp³-hybridized carbons (Fsp3) is 0.0870. The van der Waals surface area contributed by atoms with Crippen molar-refractivity contribution in [3.63, 3.8) is 0 Å². The van der Waals surface area contributed by atoms with E-state index in [2.05, 4.69) is 11.1 Å². The van der Waals surface area contributed by atoms with Crippen LogP contribution in [-0.4, -0.2) is 22.8 Å². The molecule has 4 nitrogen and oxygen atoms in total. The van der Waals surface area contributed by atoms with E-state index >= 15 is 0 Å². The van der Waals surface area contributed by atoms with Crippen molar-refractivity contribution in [2.75, 3.05) is 0 Å². The van der Waals surface area contributed by atoms with E-state index in [1.165, 1.54) is 0 Å². The number of carbonyl (C=O) groups is 1. The van der Waals surface area contributed by atoms with Gasteiger partial charge in [0.2, 0.25) is 0 Å². The molecule has 3 aromatic carbocycles. The highest BCUT2D eigenvalue weighted by Gasteiger charge is 2.20. The quantitative estimate of drug-likeness (QED) is 0.678. The number of hydrogen-bond acceptors (Lipinski definition) is 3. The average molecular weight is 354 g/mol. The number of rotatable bonds is 6. The van der Waals surface area contributed by atoms with E-state index in [0.717, 1.165) is 11.1 Å². The van der Waals surface area contributed by atoms with Crippen molar-refractivity contribution in [3.8, 4) is 6.07 Å². The van der Waals surface area contributed by atoms with Gasteiger partial charge in [0, 0.05) is 17.5 Å². The van der Waals surface area contributed by atoms with Crippen LogP contribution in [0.2, 0.25) is 0 Å². The van der Waals surface area contributed by atoms with Gasteiger partial charge in [0.1, 0.15) is 0 Å². The Labute approximate surface area is 158 Å². The first-order chi connectivity index (χ1) is 13.2. The number of benzene rings is 3. The second-order valence-corrected chi connectivity index (χ2v) is 6.04. The molecule has 0 bridgehead atoms. The van der Waals surface area contributed by atoms with Gasteiger partial charge in [-0.05, 0) is 11.6 Å². The summed E-state index contributed by atoms with van der Waals surface area (Å²) in [5.74, 6) is -1.02. The lowest BCUT2D eigenvalue weighted by atomic mass is 9.99. The van der Waals surface area contributed by atoms with Crippen molar-refractivity contribution in [3.05, 3.63) is 107 Å². The number of carboxylic acid groups (broad SMARTS) is 1. The lowest BCUT2D eigenvalue weighted by molar-refractivity contribution is -0.138. The van der Waals surface area contributed by atoms with Gasteiger partial charge < -0.3 is 5.11 Å². The molecule has 0 radical (unpaired) electrons. The summed E-state index contributed by atoms with van der Waals surface area (Å²) in [5.41, 5.74) is 3.47. The molecule has 0 spiro atoms. The molecule has 0 fully saturated rings. The normalized spacial score (nSPS) is 11.2. The fourth-order valence-corrected chi connectivity index (χ4v) is 2.87. The summed E-state index contributed by atoms with van der Waals surface area (Å²) in [5, 5.41) is 19.0. The largest absolute Gasteiger partial charge is 0.480 e. The smallest absolute Gasteiger partial charge is 0.328 e. The van der Waals surface area contributed by atoms with Gasteiger partial charge in [0.25, 0.3) is 0 Å². The Bertz CT molecular complexity index is 948. The van der Waals surface area contributed by atoms with E-state index in [1.807, 2.05) is 60.7 Å². The summed E-state index contributed by atoms with van der Waals surface area (Å²) in [6.45, 7) is 0. The number of aliphatic imine (C=N–C) groups is 1. The molecule has 0 saturated carbocycles. The Kier molecular flexibility index (Phi) is 5.76. The van der Waals surface area contributed by atoms with Crippen LogP contribution in [0.5, 0.6) is 0 Å². The molecule has 132 valence electrons. The van der Waals surface area contributed by atoms with Gasteiger partial charge >= 0.3 is 5.97 Å². The summed E-state index contributed by atoms with van der Waals surface area (Å²) in [6, 6.07) is 27.2. The molecule has 0 aliphatic carbocycles. The van der Waals surface area contributed by atoms with Gasteiger partial charge in [0.15, 0.2) is 6.04 Å². The summed E-state index contributed by atoms with van der Waals surface area (Å²) in [6.07, 6.45) is 0.155. The van der Waals surface area contributed by atoms with E-state index in [0.29, 0.717) is 16.8 Å². The lowest BCUT2D eigenvalue weighted by Crippen LogP contribution is -2.23. The third-order valence-corrected chi connectivity index (χ3v) is 4.22. The highest BCUT2D eigenvalue weighted by molar-refractivity contribution is 6.13. The second-order valence-electron chi connectivity index (χ2n) is 6.04. The van der Waals surface area contributed by atoms with Gasteiger partial charge in [0.05, 0.1) is 17.3 Å². The van der Waals surface area contributed by atoms with Crippen LogP contribution in [0.1, 0.15) is 22.3 Å². The molecule has 3 rings (SSSR count). The summed E-state index contributed by atoms with van der Waals surface area (Å²) in [4.78, 5) is 16.5. The number of carboxylic acids is 1. The van der Waals surface area contributed by atoms with Gasteiger partial charge in [-0.1, -0.05) is 78.9 Å². The van der Waals surface area contributed by atoms with Crippen LogP contribution in [0.3, 0.4) is 0 Å². The summed E-state index contributed by atoms with van der Waals surface area (Å²) < 4.78 is 0. The van der Waals surface area contributed by atoms with Crippen LogP contribution < -0.4 is 0 Å². The third-order valence-electron chi connectivity index (χ3n) is 4.22. The van der Waals surface area contributed by atoms with Gasteiger partial charge in [-0.25, -0.2) is 4.79 Å². The molecule has 0 aromatic heterocycles. The fourth-order valence-electron chi connectivity index (χ4n) is 2.87. The van der Waals surface area contributed by atoms with Crippen LogP contribution in [0.25, 0.3) is 0 Å².